The molecule has 16 heavy (non-hydrogen) atoms. The van der Waals surface area contributed by atoms with Crippen LogP contribution in [0.1, 0.15) is 5.69 Å². The number of pyridine rings is 1. The third kappa shape index (κ3) is 2.44. The van der Waals surface area contributed by atoms with Gasteiger partial charge in [0.25, 0.3) is 0 Å². The van der Waals surface area contributed by atoms with Crippen molar-refractivity contribution in [2.75, 3.05) is 19.0 Å². The van der Waals surface area contributed by atoms with E-state index in [0.717, 1.165) is 5.69 Å². The fraction of sp³-hybridized carbons (Fsp3) is 0.455. The van der Waals surface area contributed by atoms with Crippen LogP contribution in [0.4, 0.5) is 0 Å². The van der Waals surface area contributed by atoms with Crippen LogP contribution < -0.4 is 4.74 Å². The van der Waals surface area contributed by atoms with Gasteiger partial charge < -0.3 is 9.64 Å². The second-order valence-electron chi connectivity index (χ2n) is 3.79. The Balaban J connectivity index is 1.84. The van der Waals surface area contributed by atoms with Crippen LogP contribution in [-0.2, 0) is 4.79 Å². The molecule has 0 aromatic carbocycles. The molecular formula is C11H13ClN2O2. The van der Waals surface area contributed by atoms with Gasteiger partial charge in [-0.25, -0.2) is 4.98 Å². The minimum Gasteiger partial charge on any atom is -0.471 e. The van der Waals surface area contributed by atoms with Crippen molar-refractivity contribution in [3.05, 3.63) is 23.9 Å². The molecule has 1 aromatic heterocycles. The molecule has 0 atom stereocenters. The number of hydrogen-bond acceptors (Lipinski definition) is 3. The summed E-state index contributed by atoms with van der Waals surface area (Å²) in [6.07, 6.45) is 0.0430. The molecule has 1 aromatic rings. The van der Waals surface area contributed by atoms with Crippen molar-refractivity contribution < 1.29 is 9.53 Å². The highest BCUT2D eigenvalue weighted by Crippen LogP contribution is 2.16. The number of ether oxygens (including phenoxy) is 1. The van der Waals surface area contributed by atoms with Crippen LogP contribution in [0.25, 0.3) is 0 Å². The van der Waals surface area contributed by atoms with E-state index >= 15 is 0 Å². The second kappa shape index (κ2) is 4.70. The molecule has 0 radical (unpaired) electrons. The molecule has 0 spiro atoms. The Morgan fingerprint density at radius 3 is 3.00 bits per heavy atom. The Morgan fingerprint density at radius 2 is 2.38 bits per heavy atom. The Labute approximate surface area is 99.2 Å². The van der Waals surface area contributed by atoms with Crippen LogP contribution in [0.2, 0.25) is 0 Å². The highest BCUT2D eigenvalue weighted by Gasteiger charge is 2.31. The van der Waals surface area contributed by atoms with Gasteiger partial charge in [-0.2, -0.15) is 0 Å². The van der Waals surface area contributed by atoms with E-state index in [1.807, 2.05) is 25.1 Å². The molecule has 1 aliphatic rings. The summed E-state index contributed by atoms with van der Waals surface area (Å²) in [4.78, 5) is 17.1. The van der Waals surface area contributed by atoms with Crippen molar-refractivity contribution in [3.63, 3.8) is 0 Å². The predicted octanol–water partition coefficient (Wildman–Crippen LogP) is 1.22. The average molecular weight is 241 g/mol. The lowest BCUT2D eigenvalue weighted by Crippen LogP contribution is -2.56. The first-order valence-electron chi connectivity index (χ1n) is 5.13. The zero-order valence-electron chi connectivity index (χ0n) is 9.02. The molecule has 0 N–H and O–H groups in total. The molecule has 5 heteroatoms. The molecule has 1 saturated heterocycles. The summed E-state index contributed by atoms with van der Waals surface area (Å²) in [7, 11) is 0. The molecule has 0 saturated carbocycles. The van der Waals surface area contributed by atoms with Crippen LogP contribution in [0.3, 0.4) is 0 Å². The van der Waals surface area contributed by atoms with Crippen molar-refractivity contribution in [3.8, 4) is 5.88 Å². The van der Waals surface area contributed by atoms with Gasteiger partial charge in [0.05, 0.1) is 13.1 Å². The van der Waals surface area contributed by atoms with Crippen LogP contribution in [0.5, 0.6) is 5.88 Å². The normalized spacial score (nSPS) is 15.8. The third-order valence-corrected chi connectivity index (χ3v) is 2.69. The lowest BCUT2D eigenvalue weighted by molar-refractivity contribution is -0.137. The van der Waals surface area contributed by atoms with E-state index in [-0.39, 0.29) is 17.9 Å². The van der Waals surface area contributed by atoms with Gasteiger partial charge in [0, 0.05) is 11.8 Å². The maximum absolute atomic E-state index is 11.2. The largest absolute Gasteiger partial charge is 0.471 e. The summed E-state index contributed by atoms with van der Waals surface area (Å²) in [6.45, 7) is 3.11. The first-order valence-corrected chi connectivity index (χ1v) is 5.66. The van der Waals surface area contributed by atoms with Gasteiger partial charge in [0.1, 0.15) is 12.0 Å². The Bertz CT molecular complexity index is 391. The Morgan fingerprint density at radius 1 is 1.62 bits per heavy atom. The van der Waals surface area contributed by atoms with Gasteiger partial charge in [-0.15, -0.1) is 11.6 Å². The average Bonchev–Trinajstić information content (AvgIpc) is 2.22. The summed E-state index contributed by atoms with van der Waals surface area (Å²) in [5, 5.41) is 0. The monoisotopic (exact) mass is 240 g/mol. The summed E-state index contributed by atoms with van der Waals surface area (Å²) in [5.41, 5.74) is 0.922. The summed E-state index contributed by atoms with van der Waals surface area (Å²) < 4.78 is 5.61. The second-order valence-corrected chi connectivity index (χ2v) is 4.06. The molecule has 2 heterocycles. The SMILES string of the molecule is Cc1cccc(OC2CN(C(=O)CCl)C2)n1. The summed E-state index contributed by atoms with van der Waals surface area (Å²) in [5.74, 6) is 0.608. The molecule has 0 aliphatic carbocycles. The number of rotatable bonds is 3. The van der Waals surface area contributed by atoms with Crippen LogP contribution in [0.15, 0.2) is 18.2 Å². The zero-order chi connectivity index (χ0) is 11.5. The van der Waals surface area contributed by atoms with Crippen LogP contribution in [0, 0.1) is 6.92 Å². The minimum atomic E-state index is -0.0429. The molecule has 1 amide bonds. The fourth-order valence-electron chi connectivity index (χ4n) is 1.56. The number of amides is 1. The van der Waals surface area contributed by atoms with Crippen molar-refractivity contribution in [1.29, 1.82) is 0 Å². The number of hydrogen-bond donors (Lipinski definition) is 0. The number of alkyl halides is 1. The van der Waals surface area contributed by atoms with Gasteiger partial charge in [0.15, 0.2) is 0 Å². The molecule has 4 nitrogen and oxygen atoms in total. The molecule has 2 rings (SSSR count). The van der Waals surface area contributed by atoms with E-state index in [1.165, 1.54) is 0 Å². The topological polar surface area (TPSA) is 42.4 Å². The number of likely N-dealkylation sites (tertiary alicyclic amines) is 1. The quantitative estimate of drug-likeness (QED) is 0.746. The van der Waals surface area contributed by atoms with Gasteiger partial charge in [0.2, 0.25) is 11.8 Å². The standard InChI is InChI=1S/C11H13ClN2O2/c1-8-3-2-4-10(13-8)16-9-6-14(7-9)11(15)5-12/h2-4,9H,5-7H2,1H3. The number of carbonyl (C=O) groups is 1. The number of nitrogens with zero attached hydrogens (tertiary/aromatic N) is 2. The van der Waals surface area contributed by atoms with Crippen molar-refractivity contribution >= 4 is 17.5 Å². The highest BCUT2D eigenvalue weighted by molar-refractivity contribution is 6.27. The lowest BCUT2D eigenvalue weighted by Gasteiger charge is -2.38. The minimum absolute atomic E-state index is 0.0371. The van der Waals surface area contributed by atoms with Crippen molar-refractivity contribution in [2.45, 2.75) is 13.0 Å². The van der Waals surface area contributed by atoms with Gasteiger partial charge >= 0.3 is 0 Å². The maximum Gasteiger partial charge on any atom is 0.237 e. The maximum atomic E-state index is 11.2. The predicted molar refractivity (Wildman–Crippen MR) is 60.7 cm³/mol. The number of carbonyl (C=O) groups excluding carboxylic acids is 1. The van der Waals surface area contributed by atoms with Crippen LogP contribution in [-0.4, -0.2) is 40.9 Å². The number of aryl methyl sites for hydroxylation is 1. The van der Waals surface area contributed by atoms with E-state index in [9.17, 15) is 4.79 Å². The first-order chi connectivity index (χ1) is 7.69. The molecule has 86 valence electrons. The molecule has 1 fully saturated rings. The third-order valence-electron chi connectivity index (χ3n) is 2.47. The Hall–Kier alpha value is -1.29. The van der Waals surface area contributed by atoms with E-state index in [4.69, 9.17) is 16.3 Å². The molecular weight excluding hydrogens is 228 g/mol. The van der Waals surface area contributed by atoms with E-state index in [0.29, 0.717) is 19.0 Å². The van der Waals surface area contributed by atoms with Crippen molar-refractivity contribution in [1.82, 2.24) is 9.88 Å². The van der Waals surface area contributed by atoms with Crippen molar-refractivity contribution in [2.24, 2.45) is 0 Å². The summed E-state index contributed by atoms with van der Waals surface area (Å²) >= 11 is 5.44. The van der Waals surface area contributed by atoms with Gasteiger partial charge in [-0.3, -0.25) is 4.79 Å². The van der Waals surface area contributed by atoms with E-state index in [1.54, 1.807) is 4.90 Å². The zero-order valence-corrected chi connectivity index (χ0v) is 9.78. The highest BCUT2D eigenvalue weighted by atomic mass is 35.5. The van der Waals surface area contributed by atoms with E-state index in [2.05, 4.69) is 4.98 Å². The number of aromatic nitrogens is 1. The lowest BCUT2D eigenvalue weighted by atomic mass is 10.2. The fourth-order valence-corrected chi connectivity index (χ4v) is 1.72. The smallest absolute Gasteiger partial charge is 0.237 e. The van der Waals surface area contributed by atoms with Gasteiger partial charge in [-0.05, 0) is 13.0 Å². The molecule has 1 aliphatic heterocycles. The summed E-state index contributed by atoms with van der Waals surface area (Å²) in [6, 6.07) is 5.63. The Kier molecular flexibility index (Phi) is 3.29. The van der Waals surface area contributed by atoms with Gasteiger partial charge in [-0.1, -0.05) is 6.07 Å². The first kappa shape index (κ1) is 11.2. The van der Waals surface area contributed by atoms with E-state index < -0.39 is 0 Å². The molecule has 0 unspecified atom stereocenters. The molecule has 0 bridgehead atoms. The number of halogens is 1. The van der Waals surface area contributed by atoms with Crippen LogP contribution >= 0.6 is 11.6 Å².